The van der Waals surface area contributed by atoms with Crippen LogP contribution >= 0.6 is 11.8 Å². The Morgan fingerprint density at radius 1 is 1.29 bits per heavy atom. The van der Waals surface area contributed by atoms with E-state index < -0.39 is 0 Å². The van der Waals surface area contributed by atoms with Gasteiger partial charge in [0.05, 0.1) is 0 Å². The molecule has 2 aromatic rings. The molecular weight excluding hydrogens is 230 g/mol. The number of carbonyl (C=O) groups is 1. The lowest BCUT2D eigenvalue weighted by atomic mass is 9.95. The Hall–Kier alpha value is -1.35. The molecule has 0 N–H and O–H groups in total. The highest BCUT2D eigenvalue weighted by molar-refractivity contribution is 7.99. The summed E-state index contributed by atoms with van der Waals surface area (Å²) < 4.78 is 0. The van der Waals surface area contributed by atoms with Gasteiger partial charge in [0.1, 0.15) is 0 Å². The molecular formula is C14H13NOS. The van der Waals surface area contributed by atoms with Gasteiger partial charge in [0.25, 0.3) is 0 Å². The molecule has 1 saturated heterocycles. The van der Waals surface area contributed by atoms with E-state index in [2.05, 4.69) is 4.98 Å². The summed E-state index contributed by atoms with van der Waals surface area (Å²) in [5.74, 6) is 2.52. The molecule has 0 aliphatic carbocycles. The van der Waals surface area contributed by atoms with E-state index >= 15 is 0 Å². The number of Topliss-reactive ketones (excluding diaryl/α,β-unsaturated/α-hetero) is 1. The summed E-state index contributed by atoms with van der Waals surface area (Å²) in [7, 11) is 0. The standard InChI is InChI=1S/C14H13NOS/c16-14(11-5-6-17-9-11)13-8-15-7-10-3-1-2-4-12(10)13/h1-4,7-8,11H,5-6,9H2. The van der Waals surface area contributed by atoms with Crippen molar-refractivity contribution in [2.75, 3.05) is 11.5 Å². The van der Waals surface area contributed by atoms with Crippen LogP contribution in [-0.4, -0.2) is 22.3 Å². The summed E-state index contributed by atoms with van der Waals surface area (Å²) in [6.45, 7) is 0. The number of benzene rings is 1. The molecule has 0 radical (unpaired) electrons. The highest BCUT2D eigenvalue weighted by atomic mass is 32.2. The molecule has 0 amide bonds. The maximum atomic E-state index is 12.4. The number of carbonyl (C=O) groups excluding carboxylic acids is 1. The SMILES string of the molecule is O=C(c1cncc2ccccc12)C1CCSC1. The van der Waals surface area contributed by atoms with E-state index in [1.165, 1.54) is 0 Å². The second kappa shape index (κ2) is 4.49. The zero-order valence-corrected chi connectivity index (χ0v) is 10.2. The summed E-state index contributed by atoms with van der Waals surface area (Å²) in [4.78, 5) is 16.6. The molecule has 3 heteroatoms. The number of thioether (sulfide) groups is 1. The van der Waals surface area contributed by atoms with Crippen molar-refractivity contribution in [2.45, 2.75) is 6.42 Å². The largest absolute Gasteiger partial charge is 0.294 e. The Morgan fingerprint density at radius 3 is 3.00 bits per heavy atom. The predicted octanol–water partition coefficient (Wildman–Crippen LogP) is 3.17. The average molecular weight is 243 g/mol. The second-order valence-corrected chi connectivity index (χ2v) is 5.48. The molecule has 1 aliphatic rings. The van der Waals surface area contributed by atoms with Crippen molar-refractivity contribution in [3.8, 4) is 0 Å². The van der Waals surface area contributed by atoms with Crippen LogP contribution in [0.2, 0.25) is 0 Å². The van der Waals surface area contributed by atoms with Crippen LogP contribution in [0, 0.1) is 5.92 Å². The number of hydrogen-bond donors (Lipinski definition) is 0. The van der Waals surface area contributed by atoms with E-state index in [0.717, 1.165) is 34.3 Å². The fourth-order valence-electron chi connectivity index (χ4n) is 2.27. The highest BCUT2D eigenvalue weighted by Crippen LogP contribution is 2.28. The van der Waals surface area contributed by atoms with E-state index in [-0.39, 0.29) is 11.7 Å². The molecule has 1 aromatic heterocycles. The first-order chi connectivity index (χ1) is 8.36. The van der Waals surface area contributed by atoms with E-state index in [1.807, 2.05) is 42.2 Å². The molecule has 1 unspecified atom stereocenters. The third kappa shape index (κ3) is 1.95. The van der Waals surface area contributed by atoms with Crippen LogP contribution in [0.25, 0.3) is 10.8 Å². The van der Waals surface area contributed by atoms with E-state index in [9.17, 15) is 4.79 Å². The minimum Gasteiger partial charge on any atom is -0.294 e. The van der Waals surface area contributed by atoms with Crippen molar-refractivity contribution in [1.29, 1.82) is 0 Å². The minimum atomic E-state index is 0.188. The maximum absolute atomic E-state index is 12.4. The molecule has 3 rings (SSSR count). The Balaban J connectivity index is 2.07. The number of nitrogens with zero attached hydrogens (tertiary/aromatic N) is 1. The third-order valence-electron chi connectivity index (χ3n) is 3.23. The van der Waals surface area contributed by atoms with Crippen LogP contribution < -0.4 is 0 Å². The molecule has 0 saturated carbocycles. The first-order valence-corrected chi connectivity index (χ1v) is 6.96. The fourth-order valence-corrected chi connectivity index (χ4v) is 3.49. The first kappa shape index (κ1) is 10.8. The lowest BCUT2D eigenvalue weighted by molar-refractivity contribution is 0.0935. The second-order valence-electron chi connectivity index (χ2n) is 4.33. The van der Waals surface area contributed by atoms with Crippen molar-refractivity contribution in [3.63, 3.8) is 0 Å². The maximum Gasteiger partial charge on any atom is 0.168 e. The zero-order valence-electron chi connectivity index (χ0n) is 9.43. The van der Waals surface area contributed by atoms with E-state index in [4.69, 9.17) is 0 Å². The van der Waals surface area contributed by atoms with Crippen molar-refractivity contribution >= 4 is 28.3 Å². The van der Waals surface area contributed by atoms with E-state index in [0.29, 0.717) is 0 Å². The minimum absolute atomic E-state index is 0.188. The average Bonchev–Trinajstić information content (AvgIpc) is 2.91. The monoisotopic (exact) mass is 243 g/mol. The van der Waals surface area contributed by atoms with Gasteiger partial charge in [0.2, 0.25) is 0 Å². The van der Waals surface area contributed by atoms with Gasteiger partial charge in [-0.3, -0.25) is 9.78 Å². The number of rotatable bonds is 2. The smallest absolute Gasteiger partial charge is 0.168 e. The summed E-state index contributed by atoms with van der Waals surface area (Å²) in [6, 6.07) is 7.96. The Kier molecular flexibility index (Phi) is 2.85. The molecule has 0 bridgehead atoms. The quantitative estimate of drug-likeness (QED) is 0.759. The summed E-state index contributed by atoms with van der Waals surface area (Å²) in [6.07, 6.45) is 4.54. The van der Waals surface area contributed by atoms with Gasteiger partial charge in [-0.15, -0.1) is 0 Å². The molecule has 86 valence electrons. The molecule has 1 aliphatic heterocycles. The number of pyridine rings is 1. The summed E-state index contributed by atoms with van der Waals surface area (Å²) in [5.41, 5.74) is 0.788. The number of ketones is 1. The van der Waals surface area contributed by atoms with Gasteiger partial charge in [-0.2, -0.15) is 11.8 Å². The lowest BCUT2D eigenvalue weighted by Gasteiger charge is -2.09. The Bertz CT molecular complexity index is 556. The number of hydrogen-bond acceptors (Lipinski definition) is 3. The molecule has 0 spiro atoms. The van der Waals surface area contributed by atoms with Crippen molar-refractivity contribution in [1.82, 2.24) is 4.98 Å². The van der Waals surface area contributed by atoms with Crippen LogP contribution in [0.15, 0.2) is 36.7 Å². The predicted molar refractivity (Wildman–Crippen MR) is 71.5 cm³/mol. The van der Waals surface area contributed by atoms with E-state index in [1.54, 1.807) is 6.20 Å². The van der Waals surface area contributed by atoms with Crippen LogP contribution in [0.3, 0.4) is 0 Å². The third-order valence-corrected chi connectivity index (χ3v) is 4.40. The Morgan fingerprint density at radius 2 is 2.18 bits per heavy atom. The van der Waals surface area contributed by atoms with Crippen molar-refractivity contribution < 1.29 is 4.79 Å². The van der Waals surface area contributed by atoms with Gasteiger partial charge >= 0.3 is 0 Å². The topological polar surface area (TPSA) is 30.0 Å². The molecule has 1 fully saturated rings. The Labute approximate surface area is 104 Å². The lowest BCUT2D eigenvalue weighted by Crippen LogP contribution is -2.14. The first-order valence-electron chi connectivity index (χ1n) is 5.81. The van der Waals surface area contributed by atoms with Crippen molar-refractivity contribution in [3.05, 3.63) is 42.2 Å². The fraction of sp³-hybridized carbons (Fsp3) is 0.286. The van der Waals surface area contributed by atoms with Gasteiger partial charge in [-0.05, 0) is 17.6 Å². The summed E-state index contributed by atoms with van der Waals surface area (Å²) >= 11 is 1.87. The number of aromatic nitrogens is 1. The zero-order chi connectivity index (χ0) is 11.7. The molecule has 2 heterocycles. The van der Waals surface area contributed by atoms with Gasteiger partial charge in [-0.1, -0.05) is 24.3 Å². The van der Waals surface area contributed by atoms with Crippen molar-refractivity contribution in [2.24, 2.45) is 5.92 Å². The van der Waals surface area contributed by atoms with Crippen LogP contribution in [0.4, 0.5) is 0 Å². The van der Waals surface area contributed by atoms with Gasteiger partial charge in [0, 0.05) is 35.0 Å². The highest BCUT2D eigenvalue weighted by Gasteiger charge is 2.25. The molecule has 1 atom stereocenters. The van der Waals surface area contributed by atoms with Crippen LogP contribution in [0.1, 0.15) is 16.8 Å². The van der Waals surface area contributed by atoms with Crippen LogP contribution in [0.5, 0.6) is 0 Å². The van der Waals surface area contributed by atoms with Gasteiger partial charge in [-0.25, -0.2) is 0 Å². The molecule has 1 aromatic carbocycles. The number of fused-ring (bicyclic) bond motifs is 1. The molecule has 2 nitrogen and oxygen atoms in total. The normalized spacial score (nSPS) is 19.6. The van der Waals surface area contributed by atoms with Gasteiger partial charge < -0.3 is 0 Å². The van der Waals surface area contributed by atoms with Gasteiger partial charge in [0.15, 0.2) is 5.78 Å². The van der Waals surface area contributed by atoms with Crippen LogP contribution in [-0.2, 0) is 0 Å². The molecule has 17 heavy (non-hydrogen) atoms. The summed E-state index contributed by atoms with van der Waals surface area (Å²) in [5, 5.41) is 2.08.